The van der Waals surface area contributed by atoms with Crippen molar-refractivity contribution in [3.63, 3.8) is 0 Å². The second-order valence-electron chi connectivity index (χ2n) is 4.89. The molecule has 0 aliphatic carbocycles. The van der Waals surface area contributed by atoms with Gasteiger partial charge in [-0.05, 0) is 38.3 Å². The summed E-state index contributed by atoms with van der Waals surface area (Å²) in [5.41, 5.74) is 1.87. The number of hydrogen-bond acceptors (Lipinski definition) is 3. The number of imidazole rings is 1. The molecule has 1 atom stereocenters. The molecule has 2 rings (SSSR count). The quantitative estimate of drug-likeness (QED) is 0.758. The zero-order valence-electron chi connectivity index (χ0n) is 11.7. The number of hydrogen-bond donors (Lipinski definition) is 2. The molecule has 0 radical (unpaired) electrons. The van der Waals surface area contributed by atoms with E-state index < -0.39 is 0 Å². The van der Waals surface area contributed by atoms with Crippen LogP contribution in [0.3, 0.4) is 0 Å². The molecule has 2 N–H and O–H groups in total. The van der Waals surface area contributed by atoms with Crippen LogP contribution in [-0.4, -0.2) is 33.7 Å². The highest BCUT2D eigenvalue weighted by Crippen LogP contribution is 2.17. The number of aliphatic hydroxyl groups excluding tert-OH is 1. The van der Waals surface area contributed by atoms with Gasteiger partial charge in [-0.25, -0.2) is 4.98 Å². The van der Waals surface area contributed by atoms with Gasteiger partial charge in [0.15, 0.2) is 0 Å². The highest BCUT2D eigenvalue weighted by Gasteiger charge is 2.16. The fourth-order valence-electron chi connectivity index (χ4n) is 2.19. The number of aromatic nitrogens is 2. The smallest absolute Gasteiger partial charge is 0.242 e. The molecule has 1 heterocycles. The lowest BCUT2D eigenvalue weighted by Crippen LogP contribution is -2.31. The maximum Gasteiger partial charge on any atom is 0.242 e. The van der Waals surface area contributed by atoms with Crippen molar-refractivity contribution in [3.8, 4) is 0 Å². The van der Waals surface area contributed by atoms with Crippen LogP contribution in [0.5, 0.6) is 0 Å². The molecular weight excluding hydrogens is 254 g/mol. The van der Waals surface area contributed by atoms with Gasteiger partial charge in [-0.15, -0.1) is 0 Å². The Kier molecular flexibility index (Phi) is 5.12. The van der Waals surface area contributed by atoms with Gasteiger partial charge in [0.2, 0.25) is 5.91 Å². The van der Waals surface area contributed by atoms with E-state index in [1.807, 2.05) is 35.8 Å². The molecule has 0 saturated heterocycles. The minimum Gasteiger partial charge on any atom is -0.396 e. The SMILES string of the molecule is CC(C(=O)NCCCCCO)n1cnc2ccccc21. The zero-order chi connectivity index (χ0) is 14.4. The summed E-state index contributed by atoms with van der Waals surface area (Å²) in [7, 11) is 0. The normalized spacial score (nSPS) is 12.5. The van der Waals surface area contributed by atoms with Crippen LogP contribution < -0.4 is 5.32 Å². The van der Waals surface area contributed by atoms with Gasteiger partial charge in [0.25, 0.3) is 0 Å². The lowest BCUT2D eigenvalue weighted by atomic mass is 10.2. The molecule has 0 bridgehead atoms. The Morgan fingerprint density at radius 2 is 2.15 bits per heavy atom. The van der Waals surface area contributed by atoms with Crippen molar-refractivity contribution in [1.29, 1.82) is 0 Å². The Hall–Kier alpha value is -1.88. The van der Waals surface area contributed by atoms with Crippen LogP contribution in [0.1, 0.15) is 32.2 Å². The van der Waals surface area contributed by atoms with E-state index in [4.69, 9.17) is 5.11 Å². The molecule has 0 fully saturated rings. The van der Waals surface area contributed by atoms with Crippen molar-refractivity contribution in [2.24, 2.45) is 0 Å². The van der Waals surface area contributed by atoms with Crippen molar-refractivity contribution in [2.45, 2.75) is 32.2 Å². The van der Waals surface area contributed by atoms with Gasteiger partial charge in [-0.2, -0.15) is 0 Å². The third-order valence-electron chi connectivity index (χ3n) is 3.41. The number of fused-ring (bicyclic) bond motifs is 1. The van der Waals surface area contributed by atoms with Gasteiger partial charge in [0, 0.05) is 13.2 Å². The molecule has 1 aromatic heterocycles. The summed E-state index contributed by atoms with van der Waals surface area (Å²) in [4.78, 5) is 16.4. The topological polar surface area (TPSA) is 67.2 Å². The molecule has 1 unspecified atom stereocenters. The molecule has 2 aromatic rings. The van der Waals surface area contributed by atoms with Gasteiger partial charge < -0.3 is 15.0 Å². The van der Waals surface area contributed by atoms with Crippen LogP contribution in [0.25, 0.3) is 11.0 Å². The number of unbranched alkanes of at least 4 members (excludes halogenated alkanes) is 2. The lowest BCUT2D eigenvalue weighted by molar-refractivity contribution is -0.123. The molecule has 20 heavy (non-hydrogen) atoms. The van der Waals surface area contributed by atoms with Crippen molar-refractivity contribution in [3.05, 3.63) is 30.6 Å². The van der Waals surface area contributed by atoms with Crippen LogP contribution >= 0.6 is 0 Å². The molecule has 1 aromatic carbocycles. The Labute approximate surface area is 118 Å². The average molecular weight is 275 g/mol. The molecule has 0 aliphatic rings. The summed E-state index contributed by atoms with van der Waals surface area (Å²) in [6, 6.07) is 7.50. The Morgan fingerprint density at radius 3 is 2.95 bits per heavy atom. The van der Waals surface area contributed by atoms with Crippen LogP contribution in [0.15, 0.2) is 30.6 Å². The van der Waals surface area contributed by atoms with E-state index in [1.54, 1.807) is 6.33 Å². The number of nitrogens with one attached hydrogen (secondary N) is 1. The van der Waals surface area contributed by atoms with Gasteiger partial charge in [-0.1, -0.05) is 12.1 Å². The number of rotatable bonds is 7. The number of para-hydroxylation sites is 2. The number of carbonyl (C=O) groups is 1. The van der Waals surface area contributed by atoms with Crippen LogP contribution in [-0.2, 0) is 4.79 Å². The number of amides is 1. The molecule has 108 valence electrons. The first-order valence-corrected chi connectivity index (χ1v) is 7.04. The van der Waals surface area contributed by atoms with Crippen LogP contribution in [0.4, 0.5) is 0 Å². The number of carbonyl (C=O) groups excluding carboxylic acids is 1. The monoisotopic (exact) mass is 275 g/mol. The summed E-state index contributed by atoms with van der Waals surface area (Å²) in [6.45, 7) is 2.73. The van der Waals surface area contributed by atoms with E-state index >= 15 is 0 Å². The fraction of sp³-hybridized carbons (Fsp3) is 0.467. The summed E-state index contributed by atoms with van der Waals surface area (Å²) >= 11 is 0. The van der Waals surface area contributed by atoms with E-state index in [0.29, 0.717) is 6.54 Å². The number of benzene rings is 1. The second kappa shape index (κ2) is 7.05. The van der Waals surface area contributed by atoms with Crippen molar-refractivity contribution in [2.75, 3.05) is 13.2 Å². The third-order valence-corrected chi connectivity index (χ3v) is 3.41. The Morgan fingerprint density at radius 1 is 1.35 bits per heavy atom. The molecule has 5 heteroatoms. The summed E-state index contributed by atoms with van der Waals surface area (Å²) < 4.78 is 1.89. The van der Waals surface area contributed by atoms with E-state index in [0.717, 1.165) is 30.3 Å². The summed E-state index contributed by atoms with van der Waals surface area (Å²) in [5.74, 6) is -0.00264. The standard InChI is InChI=1S/C15H21N3O2/c1-12(15(20)16-9-5-2-6-10-19)18-11-17-13-7-3-4-8-14(13)18/h3-4,7-8,11-12,19H,2,5-6,9-10H2,1H3,(H,16,20). The maximum absolute atomic E-state index is 12.1. The first-order chi connectivity index (χ1) is 9.74. The van der Waals surface area contributed by atoms with E-state index in [9.17, 15) is 4.79 Å². The minimum atomic E-state index is -0.278. The summed E-state index contributed by atoms with van der Waals surface area (Å²) in [5, 5.41) is 11.6. The first-order valence-electron chi connectivity index (χ1n) is 7.04. The summed E-state index contributed by atoms with van der Waals surface area (Å²) in [6.07, 6.45) is 4.32. The predicted molar refractivity (Wildman–Crippen MR) is 78.4 cm³/mol. The molecule has 0 saturated carbocycles. The average Bonchev–Trinajstić information content (AvgIpc) is 2.90. The molecular formula is C15H21N3O2. The van der Waals surface area contributed by atoms with E-state index in [2.05, 4.69) is 10.3 Å². The molecule has 0 aliphatic heterocycles. The highest BCUT2D eigenvalue weighted by molar-refractivity contribution is 5.83. The molecule has 0 spiro atoms. The van der Waals surface area contributed by atoms with Crippen molar-refractivity contribution < 1.29 is 9.90 Å². The van der Waals surface area contributed by atoms with Crippen LogP contribution in [0, 0.1) is 0 Å². The van der Waals surface area contributed by atoms with Gasteiger partial charge >= 0.3 is 0 Å². The predicted octanol–water partition coefficient (Wildman–Crippen LogP) is 1.88. The number of nitrogens with zero attached hydrogens (tertiary/aromatic N) is 2. The van der Waals surface area contributed by atoms with E-state index in [-0.39, 0.29) is 18.6 Å². The van der Waals surface area contributed by atoms with Gasteiger partial charge in [0.05, 0.1) is 17.4 Å². The van der Waals surface area contributed by atoms with Crippen LogP contribution in [0.2, 0.25) is 0 Å². The molecule has 1 amide bonds. The minimum absolute atomic E-state index is 0.00264. The fourth-order valence-corrected chi connectivity index (χ4v) is 2.19. The van der Waals surface area contributed by atoms with Gasteiger partial charge in [-0.3, -0.25) is 4.79 Å². The highest BCUT2D eigenvalue weighted by atomic mass is 16.2. The van der Waals surface area contributed by atoms with Gasteiger partial charge in [0.1, 0.15) is 6.04 Å². The molecule has 5 nitrogen and oxygen atoms in total. The lowest BCUT2D eigenvalue weighted by Gasteiger charge is -2.14. The van der Waals surface area contributed by atoms with Crippen molar-refractivity contribution in [1.82, 2.24) is 14.9 Å². The largest absolute Gasteiger partial charge is 0.396 e. The third kappa shape index (κ3) is 3.36. The Balaban J connectivity index is 1.93. The second-order valence-corrected chi connectivity index (χ2v) is 4.89. The first kappa shape index (κ1) is 14.5. The maximum atomic E-state index is 12.1. The number of aliphatic hydroxyl groups is 1. The van der Waals surface area contributed by atoms with Crippen molar-refractivity contribution >= 4 is 16.9 Å². The Bertz CT molecular complexity index is 565. The van der Waals surface area contributed by atoms with E-state index in [1.165, 1.54) is 0 Å². The zero-order valence-corrected chi connectivity index (χ0v) is 11.7.